The third-order valence-electron chi connectivity index (χ3n) is 3.11. The van der Waals surface area contributed by atoms with Gasteiger partial charge in [0.05, 0.1) is 5.02 Å². The highest BCUT2D eigenvalue weighted by Crippen LogP contribution is 2.38. The van der Waals surface area contributed by atoms with Crippen LogP contribution in [0.25, 0.3) is 10.8 Å². The number of phenolic OH excluding ortho intramolecular Hbond substituents is 2. The van der Waals surface area contributed by atoms with Gasteiger partial charge in [0.2, 0.25) is 0 Å². The molecular formula is C16H11ClN2O2. The Balaban J connectivity index is 2.04. The van der Waals surface area contributed by atoms with E-state index in [-0.39, 0.29) is 22.2 Å². The minimum absolute atomic E-state index is 0.0540. The van der Waals surface area contributed by atoms with Crippen LogP contribution in [0.2, 0.25) is 5.02 Å². The molecular weight excluding hydrogens is 288 g/mol. The Bertz CT molecular complexity index is 847. The molecule has 0 unspecified atom stereocenters. The van der Waals surface area contributed by atoms with Gasteiger partial charge in [0.15, 0.2) is 11.5 Å². The Morgan fingerprint density at radius 2 is 1.43 bits per heavy atom. The lowest BCUT2D eigenvalue weighted by Crippen LogP contribution is -1.75. The van der Waals surface area contributed by atoms with Crippen LogP contribution >= 0.6 is 11.6 Å². The normalized spacial score (nSPS) is 11.3. The molecule has 0 atom stereocenters. The molecule has 0 heterocycles. The summed E-state index contributed by atoms with van der Waals surface area (Å²) in [5.74, 6) is -0.0819. The number of nitrogens with zero attached hydrogens (tertiary/aromatic N) is 2. The van der Waals surface area contributed by atoms with E-state index in [1.54, 1.807) is 30.3 Å². The van der Waals surface area contributed by atoms with E-state index in [9.17, 15) is 10.2 Å². The second-order valence-electron chi connectivity index (χ2n) is 4.46. The van der Waals surface area contributed by atoms with Crippen LogP contribution in [0.3, 0.4) is 0 Å². The Labute approximate surface area is 126 Å². The fraction of sp³-hybridized carbons (Fsp3) is 0. The predicted octanol–water partition coefficient (Wildman–Crippen LogP) is 5.32. The van der Waals surface area contributed by atoms with Gasteiger partial charge in [-0.25, -0.2) is 0 Å². The van der Waals surface area contributed by atoms with Crippen molar-refractivity contribution in [2.24, 2.45) is 10.2 Å². The molecule has 0 saturated heterocycles. The fourth-order valence-corrected chi connectivity index (χ4v) is 2.19. The van der Waals surface area contributed by atoms with E-state index in [4.69, 9.17) is 11.6 Å². The maximum absolute atomic E-state index is 10.2. The van der Waals surface area contributed by atoms with E-state index in [1.165, 1.54) is 0 Å². The van der Waals surface area contributed by atoms with Crippen molar-refractivity contribution in [1.29, 1.82) is 0 Å². The molecule has 0 saturated carbocycles. The van der Waals surface area contributed by atoms with Crippen LogP contribution in [-0.2, 0) is 0 Å². The second-order valence-corrected chi connectivity index (χ2v) is 4.87. The van der Waals surface area contributed by atoms with Gasteiger partial charge in [0.1, 0.15) is 11.4 Å². The van der Waals surface area contributed by atoms with E-state index < -0.39 is 0 Å². The third kappa shape index (κ3) is 2.53. The van der Waals surface area contributed by atoms with Crippen LogP contribution in [-0.4, -0.2) is 10.2 Å². The van der Waals surface area contributed by atoms with Crippen LogP contribution < -0.4 is 0 Å². The number of para-hydroxylation sites is 1. The maximum Gasteiger partial charge on any atom is 0.161 e. The van der Waals surface area contributed by atoms with Crippen molar-refractivity contribution in [3.05, 3.63) is 59.6 Å². The molecule has 3 aromatic carbocycles. The number of azo groups is 1. The molecule has 0 aromatic heterocycles. The number of fused-ring (bicyclic) bond motifs is 1. The van der Waals surface area contributed by atoms with Crippen LogP contribution in [0, 0.1) is 0 Å². The molecule has 21 heavy (non-hydrogen) atoms. The molecule has 0 fully saturated rings. The first-order chi connectivity index (χ1) is 10.2. The number of aromatic hydroxyl groups is 2. The highest BCUT2D eigenvalue weighted by molar-refractivity contribution is 6.32. The van der Waals surface area contributed by atoms with Gasteiger partial charge >= 0.3 is 0 Å². The van der Waals surface area contributed by atoms with Gasteiger partial charge in [0.25, 0.3) is 0 Å². The van der Waals surface area contributed by atoms with Gasteiger partial charge in [-0.15, -0.1) is 10.2 Å². The quantitative estimate of drug-likeness (QED) is 0.629. The average molecular weight is 299 g/mol. The summed E-state index contributed by atoms with van der Waals surface area (Å²) in [5.41, 5.74) is 0.572. The molecule has 3 rings (SSSR count). The molecule has 0 radical (unpaired) electrons. The minimum Gasteiger partial charge on any atom is -0.505 e. The lowest BCUT2D eigenvalue weighted by molar-refractivity contribution is 0.476. The van der Waals surface area contributed by atoms with Gasteiger partial charge in [-0.1, -0.05) is 48.0 Å². The van der Waals surface area contributed by atoms with Gasteiger partial charge in [-0.3, -0.25) is 0 Å². The first-order valence-corrected chi connectivity index (χ1v) is 6.64. The van der Waals surface area contributed by atoms with Crippen molar-refractivity contribution in [3.63, 3.8) is 0 Å². The zero-order valence-corrected chi connectivity index (χ0v) is 11.6. The van der Waals surface area contributed by atoms with Crippen molar-refractivity contribution in [2.45, 2.75) is 0 Å². The first kappa shape index (κ1) is 13.4. The molecule has 104 valence electrons. The van der Waals surface area contributed by atoms with Crippen molar-refractivity contribution in [3.8, 4) is 11.5 Å². The van der Waals surface area contributed by atoms with E-state index in [2.05, 4.69) is 10.2 Å². The SMILES string of the molecule is Oc1c(Cl)cccc1N=Nc1ccc2ccccc2c1O. The highest BCUT2D eigenvalue weighted by atomic mass is 35.5. The van der Waals surface area contributed by atoms with Crippen molar-refractivity contribution in [2.75, 3.05) is 0 Å². The zero-order valence-electron chi connectivity index (χ0n) is 10.9. The number of hydrogen-bond acceptors (Lipinski definition) is 4. The molecule has 5 heteroatoms. The smallest absolute Gasteiger partial charge is 0.161 e. The largest absolute Gasteiger partial charge is 0.505 e. The summed E-state index contributed by atoms with van der Waals surface area (Å²) in [6.07, 6.45) is 0. The van der Waals surface area contributed by atoms with Gasteiger partial charge in [-0.2, -0.15) is 0 Å². The Morgan fingerprint density at radius 1 is 0.714 bits per heavy atom. The number of hydrogen-bond donors (Lipinski definition) is 2. The lowest BCUT2D eigenvalue weighted by atomic mass is 10.1. The summed E-state index contributed by atoms with van der Waals surface area (Å²) in [6.45, 7) is 0. The molecule has 0 amide bonds. The Hall–Kier alpha value is -2.59. The maximum atomic E-state index is 10.2. The van der Waals surface area contributed by atoms with E-state index in [0.717, 1.165) is 5.39 Å². The van der Waals surface area contributed by atoms with Crippen molar-refractivity contribution < 1.29 is 10.2 Å². The van der Waals surface area contributed by atoms with E-state index in [1.807, 2.05) is 24.3 Å². The molecule has 4 nitrogen and oxygen atoms in total. The van der Waals surface area contributed by atoms with Gasteiger partial charge in [0, 0.05) is 5.39 Å². The van der Waals surface area contributed by atoms with Crippen molar-refractivity contribution >= 4 is 33.7 Å². The van der Waals surface area contributed by atoms with Crippen LogP contribution in [0.4, 0.5) is 11.4 Å². The van der Waals surface area contributed by atoms with E-state index >= 15 is 0 Å². The number of benzene rings is 3. The number of phenols is 2. The summed E-state index contributed by atoms with van der Waals surface area (Å²) >= 11 is 5.80. The van der Waals surface area contributed by atoms with Gasteiger partial charge in [-0.05, 0) is 23.6 Å². The second kappa shape index (κ2) is 5.42. The summed E-state index contributed by atoms with van der Waals surface area (Å²) in [7, 11) is 0. The van der Waals surface area contributed by atoms with Crippen LogP contribution in [0.1, 0.15) is 0 Å². The summed E-state index contributed by atoms with van der Waals surface area (Å²) in [5, 5.41) is 29.7. The third-order valence-corrected chi connectivity index (χ3v) is 3.42. The Morgan fingerprint density at radius 3 is 2.24 bits per heavy atom. The lowest BCUT2D eigenvalue weighted by Gasteiger charge is -2.03. The summed E-state index contributed by atoms with van der Waals surface area (Å²) in [4.78, 5) is 0. The topological polar surface area (TPSA) is 65.2 Å². The van der Waals surface area contributed by atoms with Crippen molar-refractivity contribution in [1.82, 2.24) is 0 Å². The first-order valence-electron chi connectivity index (χ1n) is 6.27. The standard InChI is InChI=1S/C16H11ClN2O2/c17-12-6-3-7-13(16(12)21)18-19-14-9-8-10-4-1-2-5-11(10)15(14)20/h1-9,20-21H. The monoisotopic (exact) mass is 298 g/mol. The van der Waals surface area contributed by atoms with Crippen LogP contribution in [0.5, 0.6) is 11.5 Å². The molecule has 0 aliphatic carbocycles. The average Bonchev–Trinajstić information content (AvgIpc) is 2.51. The molecule has 0 spiro atoms. The summed E-state index contributed by atoms with van der Waals surface area (Å²) < 4.78 is 0. The molecule has 0 aliphatic heterocycles. The van der Waals surface area contributed by atoms with Gasteiger partial charge < -0.3 is 10.2 Å². The zero-order chi connectivity index (χ0) is 14.8. The molecule has 0 aliphatic rings. The predicted molar refractivity (Wildman–Crippen MR) is 82.9 cm³/mol. The number of halogens is 1. The molecule has 0 bridgehead atoms. The Kier molecular flexibility index (Phi) is 3.46. The fourth-order valence-electron chi connectivity index (χ4n) is 2.02. The molecule has 2 N–H and O–H groups in total. The number of rotatable bonds is 2. The minimum atomic E-state index is -0.136. The van der Waals surface area contributed by atoms with Crippen LogP contribution in [0.15, 0.2) is 64.8 Å². The molecule has 3 aromatic rings. The summed E-state index contributed by atoms with van der Waals surface area (Å²) in [6, 6.07) is 15.8. The van der Waals surface area contributed by atoms with E-state index in [0.29, 0.717) is 11.1 Å². The highest BCUT2D eigenvalue weighted by Gasteiger charge is 2.07.